The van der Waals surface area contributed by atoms with Crippen LogP contribution in [-0.2, 0) is 16.1 Å². The number of carbonyl (C=O) groups excluding carboxylic acids is 2. The Morgan fingerprint density at radius 2 is 2.11 bits per heavy atom. The minimum Gasteiger partial charge on any atom is -0.384 e. The molecule has 0 radical (unpaired) electrons. The van der Waals surface area contributed by atoms with Gasteiger partial charge in [0.1, 0.15) is 5.69 Å². The molecular formula is C20H23N3O4S. The van der Waals surface area contributed by atoms with Crippen LogP contribution in [0.2, 0.25) is 0 Å². The predicted molar refractivity (Wildman–Crippen MR) is 107 cm³/mol. The minimum atomic E-state index is -0.265. The summed E-state index contributed by atoms with van der Waals surface area (Å²) in [6.45, 7) is 2.28. The molecule has 0 aliphatic carbocycles. The first-order valence-electron chi connectivity index (χ1n) is 9.42. The van der Waals surface area contributed by atoms with Crippen molar-refractivity contribution in [1.29, 1.82) is 0 Å². The number of methoxy groups -OCH3 is 1. The van der Waals surface area contributed by atoms with Crippen LogP contribution < -0.4 is 10.9 Å². The highest BCUT2D eigenvalue weighted by Crippen LogP contribution is 2.35. The highest BCUT2D eigenvalue weighted by Gasteiger charge is 2.36. The fraction of sp³-hybridized carbons (Fsp3) is 0.450. The molecule has 2 amide bonds. The molecule has 7 nitrogen and oxygen atoms in total. The van der Waals surface area contributed by atoms with Crippen LogP contribution in [0.1, 0.15) is 34.1 Å². The van der Waals surface area contributed by atoms with Gasteiger partial charge in [-0.1, -0.05) is 6.07 Å². The van der Waals surface area contributed by atoms with Crippen molar-refractivity contribution in [3.05, 3.63) is 50.6 Å². The fourth-order valence-electron chi connectivity index (χ4n) is 4.18. The summed E-state index contributed by atoms with van der Waals surface area (Å²) >= 11 is 1.34. The summed E-state index contributed by atoms with van der Waals surface area (Å²) < 4.78 is 6.79. The Morgan fingerprint density at radius 3 is 2.86 bits per heavy atom. The van der Waals surface area contributed by atoms with Crippen molar-refractivity contribution < 1.29 is 14.3 Å². The molecule has 1 saturated heterocycles. The highest BCUT2D eigenvalue weighted by atomic mass is 32.1. The van der Waals surface area contributed by atoms with E-state index < -0.39 is 0 Å². The van der Waals surface area contributed by atoms with Crippen molar-refractivity contribution in [2.75, 3.05) is 32.1 Å². The van der Waals surface area contributed by atoms with Crippen LogP contribution in [0.15, 0.2) is 34.4 Å². The summed E-state index contributed by atoms with van der Waals surface area (Å²) in [6.07, 6.45) is 1.37. The normalized spacial score (nSPS) is 20.5. The molecule has 2 aliphatic rings. The number of thiophene rings is 1. The van der Waals surface area contributed by atoms with Crippen molar-refractivity contribution >= 4 is 28.8 Å². The fourth-order valence-corrected chi connectivity index (χ4v) is 4.80. The van der Waals surface area contributed by atoms with Crippen LogP contribution in [0.25, 0.3) is 0 Å². The van der Waals surface area contributed by atoms with Crippen LogP contribution in [-0.4, -0.2) is 48.1 Å². The van der Waals surface area contributed by atoms with Crippen molar-refractivity contribution in [2.24, 2.45) is 5.92 Å². The van der Waals surface area contributed by atoms with Gasteiger partial charge in [0, 0.05) is 38.4 Å². The number of amides is 2. The monoisotopic (exact) mass is 401 g/mol. The zero-order chi connectivity index (χ0) is 19.7. The number of fused-ring (bicyclic) bond motifs is 4. The third kappa shape index (κ3) is 3.62. The minimum absolute atomic E-state index is 0.104. The number of carbonyl (C=O) groups is 2. The molecule has 1 fully saturated rings. The van der Waals surface area contributed by atoms with E-state index in [0.29, 0.717) is 43.2 Å². The Kier molecular flexibility index (Phi) is 5.32. The third-order valence-corrected chi connectivity index (χ3v) is 6.34. The molecule has 8 heteroatoms. The number of nitrogens with zero attached hydrogens (tertiary/aromatic N) is 2. The summed E-state index contributed by atoms with van der Waals surface area (Å²) in [5.74, 6) is 0.234. The molecule has 4 rings (SSSR count). The molecule has 2 aliphatic heterocycles. The van der Waals surface area contributed by atoms with E-state index >= 15 is 0 Å². The van der Waals surface area contributed by atoms with E-state index in [-0.39, 0.29) is 29.2 Å². The van der Waals surface area contributed by atoms with Gasteiger partial charge in [-0.2, -0.15) is 0 Å². The molecule has 0 unspecified atom stereocenters. The van der Waals surface area contributed by atoms with E-state index in [0.717, 1.165) is 12.1 Å². The van der Waals surface area contributed by atoms with Crippen LogP contribution in [0.5, 0.6) is 0 Å². The van der Waals surface area contributed by atoms with E-state index in [2.05, 4.69) is 5.32 Å². The van der Waals surface area contributed by atoms with Gasteiger partial charge in [0.2, 0.25) is 5.91 Å². The predicted octanol–water partition coefficient (Wildman–Crippen LogP) is 2.14. The lowest BCUT2D eigenvalue weighted by atomic mass is 9.83. The number of hydrogen-bond donors (Lipinski definition) is 1. The second kappa shape index (κ2) is 7.89. The maximum Gasteiger partial charge on any atom is 0.274 e. The van der Waals surface area contributed by atoms with Crippen LogP contribution in [0.4, 0.5) is 5.69 Å². The van der Waals surface area contributed by atoms with Crippen molar-refractivity contribution in [3.8, 4) is 0 Å². The number of ether oxygens (including phenoxy) is 1. The van der Waals surface area contributed by atoms with E-state index in [1.807, 2.05) is 16.3 Å². The van der Waals surface area contributed by atoms with Crippen molar-refractivity contribution in [1.82, 2.24) is 9.47 Å². The molecule has 148 valence electrons. The molecule has 2 aromatic rings. The molecule has 2 aromatic heterocycles. The second-order valence-corrected chi connectivity index (χ2v) is 8.31. The molecular weight excluding hydrogens is 378 g/mol. The summed E-state index contributed by atoms with van der Waals surface area (Å²) in [6, 6.07) is 7.14. The lowest BCUT2D eigenvalue weighted by Crippen LogP contribution is -2.49. The van der Waals surface area contributed by atoms with Crippen molar-refractivity contribution in [2.45, 2.75) is 25.3 Å². The first-order valence-corrected chi connectivity index (χ1v) is 10.3. The quantitative estimate of drug-likeness (QED) is 0.832. The molecule has 1 N–H and O–H groups in total. The number of piperidine rings is 1. The van der Waals surface area contributed by atoms with Gasteiger partial charge < -0.3 is 19.5 Å². The van der Waals surface area contributed by atoms with Crippen LogP contribution in [0, 0.1) is 5.92 Å². The largest absolute Gasteiger partial charge is 0.384 e. The molecule has 4 heterocycles. The Hall–Kier alpha value is -2.45. The topological polar surface area (TPSA) is 80.6 Å². The Bertz CT molecular complexity index is 937. The van der Waals surface area contributed by atoms with Gasteiger partial charge in [0.25, 0.3) is 11.5 Å². The maximum absolute atomic E-state index is 13.0. The van der Waals surface area contributed by atoms with Gasteiger partial charge in [-0.05, 0) is 35.9 Å². The van der Waals surface area contributed by atoms with Gasteiger partial charge in [0.05, 0.1) is 17.9 Å². The smallest absolute Gasteiger partial charge is 0.274 e. The van der Waals surface area contributed by atoms with E-state index in [1.165, 1.54) is 11.3 Å². The molecule has 0 saturated carbocycles. The number of pyridine rings is 1. The lowest BCUT2D eigenvalue weighted by Gasteiger charge is -2.43. The van der Waals surface area contributed by atoms with Gasteiger partial charge in [-0.25, -0.2) is 0 Å². The molecule has 2 atom stereocenters. The molecule has 28 heavy (non-hydrogen) atoms. The standard InChI is InChI=1S/C20H23N3O4S/c1-27-7-6-18(24)22-10-13-9-14(12-22)16-5-4-15(20(26)23(16)11-13)21-19(25)17-3-2-8-28-17/h2-5,8,13-14H,6-7,9-12H2,1H3,(H,21,25)/t13-,14-/m1/s1. The Labute approximate surface area is 166 Å². The van der Waals surface area contributed by atoms with Gasteiger partial charge in [-0.15, -0.1) is 11.3 Å². The first kappa shape index (κ1) is 18.9. The first-order chi connectivity index (χ1) is 13.6. The highest BCUT2D eigenvalue weighted by molar-refractivity contribution is 7.12. The summed E-state index contributed by atoms with van der Waals surface area (Å²) in [5.41, 5.74) is 1.08. The van der Waals surface area contributed by atoms with Crippen LogP contribution in [0.3, 0.4) is 0 Å². The summed E-state index contributed by atoms with van der Waals surface area (Å²) in [7, 11) is 1.59. The Balaban J connectivity index is 1.54. The average molecular weight is 401 g/mol. The Morgan fingerprint density at radius 1 is 1.25 bits per heavy atom. The van der Waals surface area contributed by atoms with Gasteiger partial charge in [-0.3, -0.25) is 14.4 Å². The van der Waals surface area contributed by atoms with E-state index in [9.17, 15) is 14.4 Å². The van der Waals surface area contributed by atoms with Gasteiger partial charge >= 0.3 is 0 Å². The molecule has 0 spiro atoms. The van der Waals surface area contributed by atoms with E-state index in [4.69, 9.17) is 4.74 Å². The number of aromatic nitrogens is 1. The van der Waals surface area contributed by atoms with Crippen molar-refractivity contribution in [3.63, 3.8) is 0 Å². The van der Waals surface area contributed by atoms with Gasteiger partial charge in [0.15, 0.2) is 0 Å². The number of likely N-dealkylation sites (tertiary alicyclic amines) is 1. The summed E-state index contributed by atoms with van der Waals surface area (Å²) in [5, 5.41) is 4.57. The zero-order valence-electron chi connectivity index (χ0n) is 15.7. The second-order valence-electron chi connectivity index (χ2n) is 7.36. The molecule has 2 bridgehead atoms. The number of rotatable bonds is 5. The van der Waals surface area contributed by atoms with E-state index in [1.54, 1.807) is 29.9 Å². The average Bonchev–Trinajstić information content (AvgIpc) is 3.23. The maximum atomic E-state index is 13.0. The summed E-state index contributed by atoms with van der Waals surface area (Å²) in [4.78, 5) is 40.1. The molecule has 0 aromatic carbocycles. The number of hydrogen-bond acceptors (Lipinski definition) is 5. The lowest BCUT2D eigenvalue weighted by molar-refractivity contribution is -0.134. The number of anilines is 1. The number of nitrogens with one attached hydrogen (secondary N) is 1. The SMILES string of the molecule is COCCC(=O)N1C[C@H]2C[C@H](C1)c1ccc(NC(=O)c3cccs3)c(=O)n1C2. The zero-order valence-corrected chi connectivity index (χ0v) is 16.5. The van der Waals surface area contributed by atoms with Crippen LogP contribution >= 0.6 is 11.3 Å². The third-order valence-electron chi connectivity index (χ3n) is 5.47.